The van der Waals surface area contributed by atoms with Crippen LogP contribution in [0.15, 0.2) is 24.3 Å². The van der Waals surface area contributed by atoms with Crippen LogP contribution in [0.4, 0.5) is 5.69 Å². The van der Waals surface area contributed by atoms with Gasteiger partial charge in [-0.05, 0) is 49.4 Å². The molecule has 0 atom stereocenters. The van der Waals surface area contributed by atoms with Gasteiger partial charge >= 0.3 is 0 Å². The van der Waals surface area contributed by atoms with E-state index in [9.17, 15) is 4.79 Å². The molecule has 1 aliphatic carbocycles. The van der Waals surface area contributed by atoms with E-state index in [1.807, 2.05) is 17.0 Å². The molecule has 0 unspecified atom stereocenters. The van der Waals surface area contributed by atoms with Crippen LogP contribution in [0.5, 0.6) is 0 Å². The first-order valence-electron chi connectivity index (χ1n) is 6.38. The fourth-order valence-corrected chi connectivity index (χ4v) is 2.90. The molecule has 2 aliphatic heterocycles. The van der Waals surface area contributed by atoms with Crippen molar-refractivity contribution < 1.29 is 4.79 Å². The summed E-state index contributed by atoms with van der Waals surface area (Å²) >= 11 is 0. The monoisotopic (exact) mass is 230 g/mol. The lowest BCUT2D eigenvalue weighted by Gasteiger charge is -2.46. The maximum absolute atomic E-state index is 12.1. The average molecular weight is 230 g/mol. The van der Waals surface area contributed by atoms with Crippen molar-refractivity contribution in [3.8, 4) is 0 Å². The number of nitrogens with zero attached hydrogens (tertiary/aromatic N) is 1. The maximum Gasteiger partial charge on any atom is 0.230 e. The normalized spacial score (nSPS) is 26.9. The number of hydrogen-bond acceptors (Lipinski definition) is 2. The lowest BCUT2D eigenvalue weighted by Crippen LogP contribution is -2.53. The van der Waals surface area contributed by atoms with E-state index < -0.39 is 0 Å². The Morgan fingerprint density at radius 3 is 2.53 bits per heavy atom. The third kappa shape index (κ3) is 1.84. The van der Waals surface area contributed by atoms with Crippen molar-refractivity contribution in [1.29, 1.82) is 0 Å². The Bertz CT molecular complexity index is 420. The van der Waals surface area contributed by atoms with Crippen LogP contribution in [-0.2, 0) is 11.2 Å². The minimum Gasteiger partial charge on any atom is -0.330 e. The Kier molecular flexibility index (Phi) is 2.63. The second-order valence-electron chi connectivity index (χ2n) is 5.19. The molecule has 3 heteroatoms. The molecule has 3 fully saturated rings. The number of piperidine rings is 2. The van der Waals surface area contributed by atoms with Crippen molar-refractivity contribution in [2.24, 2.45) is 17.6 Å². The highest BCUT2D eigenvalue weighted by Gasteiger charge is 2.43. The van der Waals surface area contributed by atoms with Gasteiger partial charge in [0.1, 0.15) is 0 Å². The van der Waals surface area contributed by atoms with Gasteiger partial charge in [-0.25, -0.2) is 0 Å². The van der Waals surface area contributed by atoms with Crippen LogP contribution < -0.4 is 10.6 Å². The van der Waals surface area contributed by atoms with E-state index in [4.69, 9.17) is 5.73 Å². The van der Waals surface area contributed by atoms with Gasteiger partial charge < -0.3 is 10.6 Å². The van der Waals surface area contributed by atoms with Gasteiger partial charge in [-0.2, -0.15) is 0 Å². The Labute approximate surface area is 102 Å². The number of carbonyl (C=O) groups is 1. The zero-order valence-electron chi connectivity index (χ0n) is 9.93. The summed E-state index contributed by atoms with van der Waals surface area (Å²) in [5.41, 5.74) is 7.81. The molecule has 2 saturated heterocycles. The second kappa shape index (κ2) is 4.15. The first-order chi connectivity index (χ1) is 8.28. The molecule has 2 bridgehead atoms. The largest absolute Gasteiger partial charge is 0.330 e. The molecule has 4 rings (SSSR count). The Morgan fingerprint density at radius 1 is 1.24 bits per heavy atom. The number of rotatable bonds is 3. The highest BCUT2D eigenvalue weighted by atomic mass is 16.2. The van der Waals surface area contributed by atoms with Crippen molar-refractivity contribution in [2.45, 2.75) is 19.3 Å². The minimum atomic E-state index is 0.303. The molecule has 2 heterocycles. The number of fused-ring (bicyclic) bond motifs is 2. The second-order valence-corrected chi connectivity index (χ2v) is 5.19. The molecular weight excluding hydrogens is 212 g/mol. The molecule has 3 nitrogen and oxygen atoms in total. The molecule has 0 radical (unpaired) electrons. The standard InChI is InChI=1S/C14H18N2O/c15-6-5-10-1-3-13(4-2-10)16-9-11-7-12(8-11)14(16)17/h1-4,11-12H,5-9,15H2. The fraction of sp³-hybridized carbons (Fsp3) is 0.500. The highest BCUT2D eigenvalue weighted by Crippen LogP contribution is 2.41. The van der Waals surface area contributed by atoms with Gasteiger partial charge in [0, 0.05) is 18.2 Å². The summed E-state index contributed by atoms with van der Waals surface area (Å²) in [6.07, 6.45) is 3.13. The Balaban J connectivity index is 1.77. The zero-order valence-corrected chi connectivity index (χ0v) is 9.93. The summed E-state index contributed by atoms with van der Waals surface area (Å²) in [7, 11) is 0. The van der Waals surface area contributed by atoms with Crippen LogP contribution in [0, 0.1) is 11.8 Å². The molecule has 3 aliphatic rings. The quantitative estimate of drug-likeness (QED) is 0.856. The molecule has 1 amide bonds. The van der Waals surface area contributed by atoms with Crippen LogP contribution in [0.3, 0.4) is 0 Å². The van der Waals surface area contributed by atoms with Gasteiger partial charge in [-0.15, -0.1) is 0 Å². The van der Waals surface area contributed by atoms with Gasteiger partial charge in [-0.3, -0.25) is 4.79 Å². The van der Waals surface area contributed by atoms with Gasteiger partial charge in [-0.1, -0.05) is 12.1 Å². The third-order valence-corrected chi connectivity index (χ3v) is 3.97. The number of nitrogens with two attached hydrogens (primary N) is 1. The van der Waals surface area contributed by atoms with Crippen LogP contribution in [0.25, 0.3) is 0 Å². The molecule has 17 heavy (non-hydrogen) atoms. The molecule has 0 spiro atoms. The summed E-state index contributed by atoms with van der Waals surface area (Å²) in [5, 5.41) is 0. The van der Waals surface area contributed by atoms with Crippen molar-refractivity contribution in [3.63, 3.8) is 0 Å². The van der Waals surface area contributed by atoms with Crippen LogP contribution in [0.2, 0.25) is 0 Å². The van der Waals surface area contributed by atoms with Crippen molar-refractivity contribution in [3.05, 3.63) is 29.8 Å². The summed E-state index contributed by atoms with van der Waals surface area (Å²) in [4.78, 5) is 14.0. The predicted octanol–water partition coefficient (Wildman–Crippen LogP) is 1.56. The van der Waals surface area contributed by atoms with E-state index in [-0.39, 0.29) is 0 Å². The maximum atomic E-state index is 12.1. The van der Waals surface area contributed by atoms with Crippen molar-refractivity contribution in [1.82, 2.24) is 0 Å². The Hall–Kier alpha value is -1.35. The number of amides is 1. The van der Waals surface area contributed by atoms with Crippen LogP contribution in [-0.4, -0.2) is 19.0 Å². The van der Waals surface area contributed by atoms with Gasteiger partial charge in [0.2, 0.25) is 5.91 Å². The molecule has 0 aromatic heterocycles. The fourth-order valence-electron chi connectivity index (χ4n) is 2.90. The highest BCUT2D eigenvalue weighted by molar-refractivity contribution is 5.97. The van der Waals surface area contributed by atoms with Crippen molar-refractivity contribution >= 4 is 11.6 Å². The third-order valence-electron chi connectivity index (χ3n) is 3.97. The molecule has 1 aromatic carbocycles. The smallest absolute Gasteiger partial charge is 0.230 e. The van der Waals surface area contributed by atoms with E-state index in [0.717, 1.165) is 37.4 Å². The number of anilines is 1. The van der Waals surface area contributed by atoms with E-state index in [2.05, 4.69) is 12.1 Å². The first kappa shape index (κ1) is 10.8. The van der Waals surface area contributed by atoms with E-state index >= 15 is 0 Å². The number of benzene rings is 1. The summed E-state index contributed by atoms with van der Waals surface area (Å²) in [5.74, 6) is 1.36. The van der Waals surface area contributed by atoms with Crippen molar-refractivity contribution in [2.75, 3.05) is 18.0 Å². The van der Waals surface area contributed by atoms with E-state index in [1.165, 1.54) is 5.56 Å². The SMILES string of the molecule is NCCc1ccc(N2CC3CC(C3)C2=O)cc1. The summed E-state index contributed by atoms with van der Waals surface area (Å²) in [6, 6.07) is 8.26. The lowest BCUT2D eigenvalue weighted by atomic mass is 9.70. The first-order valence-corrected chi connectivity index (χ1v) is 6.38. The van der Waals surface area contributed by atoms with E-state index in [0.29, 0.717) is 18.4 Å². The summed E-state index contributed by atoms with van der Waals surface area (Å²) in [6.45, 7) is 1.58. The van der Waals surface area contributed by atoms with Crippen LogP contribution in [0.1, 0.15) is 18.4 Å². The average Bonchev–Trinajstić information content (AvgIpc) is 2.29. The van der Waals surface area contributed by atoms with Gasteiger partial charge in [0.05, 0.1) is 0 Å². The lowest BCUT2D eigenvalue weighted by molar-refractivity contribution is -0.129. The number of hydrogen-bond donors (Lipinski definition) is 1. The van der Waals surface area contributed by atoms with E-state index in [1.54, 1.807) is 0 Å². The van der Waals surface area contributed by atoms with Gasteiger partial charge in [0.15, 0.2) is 0 Å². The minimum absolute atomic E-state index is 0.303. The molecule has 1 aromatic rings. The predicted molar refractivity (Wildman–Crippen MR) is 67.8 cm³/mol. The zero-order chi connectivity index (χ0) is 11.8. The molecule has 90 valence electrons. The molecular formula is C14H18N2O. The number of carbonyl (C=O) groups excluding carboxylic acids is 1. The summed E-state index contributed by atoms with van der Waals surface area (Å²) < 4.78 is 0. The Morgan fingerprint density at radius 2 is 1.94 bits per heavy atom. The molecule has 1 saturated carbocycles. The van der Waals surface area contributed by atoms with Gasteiger partial charge in [0.25, 0.3) is 0 Å². The molecule has 2 N–H and O–H groups in total. The topological polar surface area (TPSA) is 46.3 Å². The van der Waals surface area contributed by atoms with Crippen LogP contribution >= 0.6 is 0 Å².